The Morgan fingerprint density at radius 3 is 2.51 bits per heavy atom. The number of hydrogen-bond acceptors (Lipinski definition) is 4. The van der Waals surface area contributed by atoms with E-state index in [1.165, 1.54) is 0 Å². The summed E-state index contributed by atoms with van der Waals surface area (Å²) in [6.45, 7) is 1.95. The van der Waals surface area contributed by atoms with Crippen LogP contribution in [-0.4, -0.2) is 29.3 Å². The zero-order chi connectivity index (χ0) is 24.8. The van der Waals surface area contributed by atoms with Crippen LogP contribution in [0.4, 0.5) is 10.5 Å². The fourth-order valence-corrected chi connectivity index (χ4v) is 3.89. The summed E-state index contributed by atoms with van der Waals surface area (Å²) in [6, 6.07) is 21.8. The Hall–Kier alpha value is -3.91. The lowest BCUT2D eigenvalue weighted by Gasteiger charge is -2.13. The first kappa shape index (κ1) is 24.2. The maximum Gasteiger partial charge on any atom is 0.329 e. The predicted octanol–water partition coefficient (Wildman–Crippen LogP) is 5.12. The number of halogens is 1. The molecule has 0 aliphatic carbocycles. The van der Waals surface area contributed by atoms with Crippen molar-refractivity contribution >= 4 is 45.5 Å². The molecule has 4 amide bonds. The summed E-state index contributed by atoms with van der Waals surface area (Å²) in [6.07, 6.45) is 2.30. The number of imide groups is 1. The van der Waals surface area contributed by atoms with Crippen molar-refractivity contribution < 1.29 is 19.1 Å². The van der Waals surface area contributed by atoms with Gasteiger partial charge in [-0.25, -0.2) is 9.69 Å². The van der Waals surface area contributed by atoms with Gasteiger partial charge < -0.3 is 15.4 Å². The summed E-state index contributed by atoms with van der Waals surface area (Å²) < 4.78 is 6.93. The van der Waals surface area contributed by atoms with Crippen molar-refractivity contribution in [3.05, 3.63) is 99.7 Å². The van der Waals surface area contributed by atoms with Crippen LogP contribution < -0.4 is 15.4 Å². The smallest absolute Gasteiger partial charge is 0.329 e. The lowest BCUT2D eigenvalue weighted by molar-refractivity contribution is -0.127. The molecular weight excluding hydrogens is 510 g/mol. The quantitative estimate of drug-likeness (QED) is 0.310. The number of aryl methyl sites for hydroxylation is 1. The number of nitrogens with one attached hydrogen (secondary N) is 2. The molecule has 178 valence electrons. The SMILES string of the molecule is CCc1ccccc1NC(=O)CN1C(=O)N/C(=C/c2ccccc2OCc2ccc(Br)cc2)C1=O. The average molecular weight is 534 g/mol. The van der Waals surface area contributed by atoms with E-state index >= 15 is 0 Å². The van der Waals surface area contributed by atoms with E-state index in [9.17, 15) is 14.4 Å². The minimum Gasteiger partial charge on any atom is -0.488 e. The highest BCUT2D eigenvalue weighted by Crippen LogP contribution is 2.24. The number of urea groups is 1. The molecule has 3 aromatic rings. The van der Waals surface area contributed by atoms with E-state index in [0.29, 0.717) is 23.6 Å². The third-order valence-electron chi connectivity index (χ3n) is 5.46. The van der Waals surface area contributed by atoms with E-state index in [1.54, 1.807) is 24.3 Å². The van der Waals surface area contributed by atoms with Crippen LogP contribution in [0.15, 0.2) is 83.0 Å². The molecule has 0 aromatic heterocycles. The van der Waals surface area contributed by atoms with Gasteiger partial charge in [0, 0.05) is 15.7 Å². The van der Waals surface area contributed by atoms with Gasteiger partial charge in [0.25, 0.3) is 5.91 Å². The Morgan fingerprint density at radius 2 is 1.74 bits per heavy atom. The third kappa shape index (κ3) is 5.96. The zero-order valence-corrected chi connectivity index (χ0v) is 20.7. The van der Waals surface area contributed by atoms with Crippen LogP contribution in [-0.2, 0) is 22.6 Å². The summed E-state index contributed by atoms with van der Waals surface area (Å²) in [5.74, 6) is -0.456. The van der Waals surface area contributed by atoms with Crippen LogP contribution in [0.5, 0.6) is 5.75 Å². The molecule has 0 atom stereocenters. The molecule has 7 nitrogen and oxygen atoms in total. The van der Waals surface area contributed by atoms with Gasteiger partial charge in [-0.15, -0.1) is 0 Å². The van der Waals surface area contributed by atoms with Crippen molar-refractivity contribution in [2.45, 2.75) is 20.0 Å². The van der Waals surface area contributed by atoms with Gasteiger partial charge in [0.05, 0.1) is 0 Å². The number of ether oxygens (including phenoxy) is 1. The van der Waals surface area contributed by atoms with Crippen LogP contribution in [0.3, 0.4) is 0 Å². The maximum absolute atomic E-state index is 12.9. The normalized spacial score (nSPS) is 14.2. The van der Waals surface area contributed by atoms with Gasteiger partial charge >= 0.3 is 6.03 Å². The van der Waals surface area contributed by atoms with Gasteiger partial charge in [0.2, 0.25) is 5.91 Å². The molecule has 0 saturated carbocycles. The minimum absolute atomic E-state index is 0.0800. The lowest BCUT2D eigenvalue weighted by Crippen LogP contribution is -2.38. The second kappa shape index (κ2) is 11.0. The van der Waals surface area contributed by atoms with E-state index in [2.05, 4.69) is 26.6 Å². The van der Waals surface area contributed by atoms with Crippen molar-refractivity contribution in [1.82, 2.24) is 10.2 Å². The largest absolute Gasteiger partial charge is 0.488 e. The number of hydrogen-bond donors (Lipinski definition) is 2. The number of rotatable bonds is 8. The van der Waals surface area contributed by atoms with Gasteiger partial charge in [-0.1, -0.05) is 71.4 Å². The molecule has 1 heterocycles. The molecule has 1 aliphatic heterocycles. The van der Waals surface area contributed by atoms with E-state index < -0.39 is 17.8 Å². The number of carbonyl (C=O) groups excluding carboxylic acids is 3. The Bertz CT molecular complexity index is 1290. The van der Waals surface area contributed by atoms with E-state index in [-0.39, 0.29) is 12.2 Å². The predicted molar refractivity (Wildman–Crippen MR) is 138 cm³/mol. The van der Waals surface area contributed by atoms with Crippen molar-refractivity contribution in [2.24, 2.45) is 0 Å². The molecule has 1 saturated heterocycles. The minimum atomic E-state index is -0.645. The Labute approximate surface area is 211 Å². The second-order valence-corrected chi connectivity index (χ2v) is 8.81. The number of para-hydroxylation sites is 2. The molecule has 0 spiro atoms. The summed E-state index contributed by atoms with van der Waals surface area (Å²) in [5, 5.41) is 5.34. The van der Waals surface area contributed by atoms with Crippen LogP contribution in [0.25, 0.3) is 6.08 Å². The summed E-state index contributed by atoms with van der Waals surface area (Å²) in [5.41, 5.74) is 3.34. The standard InChI is InChI=1S/C27H24BrN3O4/c1-2-19-7-3-5-9-22(19)29-25(32)16-31-26(33)23(30-27(31)34)15-20-8-4-6-10-24(20)35-17-18-11-13-21(28)14-12-18/h3-15H,2,16-17H2,1H3,(H,29,32)(H,30,34)/b23-15+. The molecule has 2 N–H and O–H groups in total. The first-order chi connectivity index (χ1) is 16.9. The lowest BCUT2D eigenvalue weighted by atomic mass is 10.1. The fourth-order valence-electron chi connectivity index (χ4n) is 3.63. The number of nitrogens with zero attached hydrogens (tertiary/aromatic N) is 1. The molecule has 0 radical (unpaired) electrons. The van der Waals surface area contributed by atoms with E-state index in [1.807, 2.05) is 61.5 Å². The molecular formula is C27H24BrN3O4. The molecule has 1 aliphatic rings. The summed E-state index contributed by atoms with van der Waals surface area (Å²) >= 11 is 3.41. The topological polar surface area (TPSA) is 87.7 Å². The fraction of sp³-hybridized carbons (Fsp3) is 0.148. The van der Waals surface area contributed by atoms with E-state index in [0.717, 1.165) is 26.9 Å². The van der Waals surface area contributed by atoms with Crippen LogP contribution in [0.2, 0.25) is 0 Å². The summed E-state index contributed by atoms with van der Waals surface area (Å²) in [4.78, 5) is 38.8. The Balaban J connectivity index is 1.45. The van der Waals surface area contributed by atoms with Crippen molar-refractivity contribution in [3.63, 3.8) is 0 Å². The van der Waals surface area contributed by atoms with Crippen molar-refractivity contribution in [3.8, 4) is 5.75 Å². The van der Waals surface area contributed by atoms with E-state index in [4.69, 9.17) is 4.74 Å². The molecule has 8 heteroatoms. The van der Waals surface area contributed by atoms with Crippen LogP contribution in [0, 0.1) is 0 Å². The monoisotopic (exact) mass is 533 g/mol. The van der Waals surface area contributed by atoms with Gasteiger partial charge in [-0.3, -0.25) is 9.59 Å². The molecule has 4 rings (SSSR count). The Morgan fingerprint density at radius 1 is 1.03 bits per heavy atom. The van der Waals surface area contributed by atoms with Gasteiger partial charge in [-0.05, 0) is 47.9 Å². The van der Waals surface area contributed by atoms with Crippen molar-refractivity contribution in [2.75, 3.05) is 11.9 Å². The third-order valence-corrected chi connectivity index (χ3v) is 5.99. The number of amides is 4. The maximum atomic E-state index is 12.9. The molecule has 35 heavy (non-hydrogen) atoms. The van der Waals surface area contributed by atoms with Crippen molar-refractivity contribution in [1.29, 1.82) is 0 Å². The molecule has 3 aromatic carbocycles. The van der Waals surface area contributed by atoms with Gasteiger partial charge in [0.1, 0.15) is 24.6 Å². The first-order valence-corrected chi connectivity index (χ1v) is 11.9. The number of carbonyl (C=O) groups is 3. The van der Waals surface area contributed by atoms with Gasteiger partial charge in [-0.2, -0.15) is 0 Å². The number of anilines is 1. The highest BCUT2D eigenvalue weighted by atomic mass is 79.9. The molecule has 1 fully saturated rings. The number of benzene rings is 3. The highest BCUT2D eigenvalue weighted by Gasteiger charge is 2.35. The zero-order valence-electron chi connectivity index (χ0n) is 19.1. The molecule has 0 unspecified atom stereocenters. The average Bonchev–Trinajstić information content (AvgIpc) is 3.12. The first-order valence-electron chi connectivity index (χ1n) is 11.1. The summed E-state index contributed by atoms with van der Waals surface area (Å²) in [7, 11) is 0. The van der Waals surface area contributed by atoms with Gasteiger partial charge in [0.15, 0.2) is 0 Å². The Kier molecular flexibility index (Phi) is 7.62. The van der Waals surface area contributed by atoms with Crippen LogP contribution >= 0.6 is 15.9 Å². The van der Waals surface area contributed by atoms with Crippen LogP contribution in [0.1, 0.15) is 23.6 Å². The second-order valence-electron chi connectivity index (χ2n) is 7.89. The molecule has 0 bridgehead atoms. The highest BCUT2D eigenvalue weighted by molar-refractivity contribution is 9.10.